The molecule has 4 nitrogen and oxygen atoms in total. The van der Waals surface area contributed by atoms with Gasteiger partial charge < -0.3 is 14.5 Å². The van der Waals surface area contributed by atoms with Crippen molar-refractivity contribution < 1.29 is 35.9 Å². The van der Waals surface area contributed by atoms with Crippen molar-refractivity contribution in [3.05, 3.63) is 52.7 Å². The van der Waals surface area contributed by atoms with Gasteiger partial charge in [-0.3, -0.25) is 4.79 Å². The minimum atomic E-state index is -2.27. The van der Waals surface area contributed by atoms with E-state index in [9.17, 15) is 26.7 Å². The first-order valence-electron chi connectivity index (χ1n) is 7.37. The molecule has 0 aliphatic heterocycles. The molecule has 1 N–H and O–H groups in total. The molecular formula is C16H14F5NO3. The summed E-state index contributed by atoms with van der Waals surface area (Å²) < 4.78 is 75.8. The number of benzene rings is 1. The smallest absolute Gasteiger partial charge is 0.286 e. The number of carbonyl (C=O) groups is 1. The summed E-state index contributed by atoms with van der Waals surface area (Å²) in [5, 5.41) is 2.59. The maximum absolute atomic E-state index is 13.5. The van der Waals surface area contributed by atoms with Crippen LogP contribution in [0, 0.1) is 29.1 Å². The van der Waals surface area contributed by atoms with Gasteiger partial charge in [0.25, 0.3) is 5.91 Å². The van der Waals surface area contributed by atoms with Gasteiger partial charge in [0, 0.05) is 6.54 Å². The fourth-order valence-corrected chi connectivity index (χ4v) is 1.90. The second kappa shape index (κ2) is 8.00. The van der Waals surface area contributed by atoms with Crippen LogP contribution in [-0.2, 0) is 6.61 Å². The number of nitrogens with one attached hydrogen (secondary N) is 1. The van der Waals surface area contributed by atoms with Crippen molar-refractivity contribution in [1.82, 2.24) is 5.32 Å². The topological polar surface area (TPSA) is 51.5 Å². The minimum Gasteiger partial charge on any atom is -0.479 e. The van der Waals surface area contributed by atoms with E-state index in [-0.39, 0.29) is 11.5 Å². The molecule has 0 bridgehead atoms. The van der Waals surface area contributed by atoms with Crippen molar-refractivity contribution >= 4 is 5.91 Å². The molecule has 0 spiro atoms. The molecule has 1 heterocycles. The molecule has 2 rings (SSSR count). The number of furan rings is 1. The van der Waals surface area contributed by atoms with Gasteiger partial charge in [-0.15, -0.1) is 0 Å². The van der Waals surface area contributed by atoms with E-state index >= 15 is 0 Å². The Bertz CT molecular complexity index is 746. The van der Waals surface area contributed by atoms with Crippen LogP contribution < -0.4 is 10.1 Å². The van der Waals surface area contributed by atoms with Crippen molar-refractivity contribution in [3.8, 4) is 5.75 Å². The third kappa shape index (κ3) is 4.09. The zero-order valence-corrected chi connectivity index (χ0v) is 13.1. The minimum absolute atomic E-state index is 0.0235. The van der Waals surface area contributed by atoms with E-state index in [0.717, 1.165) is 12.8 Å². The molecular weight excluding hydrogens is 349 g/mol. The molecule has 1 amide bonds. The third-order valence-corrected chi connectivity index (χ3v) is 3.23. The molecule has 0 aliphatic rings. The first kappa shape index (κ1) is 18.8. The molecule has 1 aromatic heterocycles. The van der Waals surface area contributed by atoms with Gasteiger partial charge in [0.2, 0.25) is 29.1 Å². The zero-order chi connectivity index (χ0) is 18.6. The molecule has 136 valence electrons. The summed E-state index contributed by atoms with van der Waals surface area (Å²) in [5.41, 5.74) is 0. The molecule has 9 heteroatoms. The highest BCUT2D eigenvalue weighted by Crippen LogP contribution is 2.29. The number of amides is 1. The maximum atomic E-state index is 13.5. The van der Waals surface area contributed by atoms with E-state index in [0.29, 0.717) is 6.54 Å². The van der Waals surface area contributed by atoms with E-state index in [4.69, 9.17) is 4.42 Å². The standard InChI is InChI=1S/C16H14F5NO3/c1-2-3-6-22-16(23)9-5-4-8(25-9)7-24-15-13(20)11(18)10(17)12(19)14(15)21/h4-5H,2-3,6-7H2,1H3,(H,22,23). The average Bonchev–Trinajstić information content (AvgIpc) is 3.07. The van der Waals surface area contributed by atoms with E-state index in [1.54, 1.807) is 0 Å². The summed E-state index contributed by atoms with van der Waals surface area (Å²) in [5.74, 6) is -12.6. The lowest BCUT2D eigenvalue weighted by Gasteiger charge is -2.09. The Hall–Kier alpha value is -2.58. The van der Waals surface area contributed by atoms with Crippen LogP contribution in [0.25, 0.3) is 0 Å². The molecule has 0 radical (unpaired) electrons. The normalized spacial score (nSPS) is 10.8. The summed E-state index contributed by atoms with van der Waals surface area (Å²) >= 11 is 0. The molecule has 0 saturated heterocycles. The number of ether oxygens (including phenoxy) is 1. The van der Waals surface area contributed by atoms with Crippen LogP contribution in [0.15, 0.2) is 16.5 Å². The van der Waals surface area contributed by atoms with Gasteiger partial charge in [0.05, 0.1) is 0 Å². The Morgan fingerprint density at radius 3 is 2.24 bits per heavy atom. The summed E-state index contributed by atoms with van der Waals surface area (Å²) in [7, 11) is 0. The Kier molecular flexibility index (Phi) is 6.00. The molecule has 0 aliphatic carbocycles. The van der Waals surface area contributed by atoms with Crippen LogP contribution in [0.3, 0.4) is 0 Å². The zero-order valence-electron chi connectivity index (χ0n) is 13.1. The second-order valence-corrected chi connectivity index (χ2v) is 5.06. The third-order valence-electron chi connectivity index (χ3n) is 3.23. The highest BCUT2D eigenvalue weighted by molar-refractivity contribution is 5.91. The first-order chi connectivity index (χ1) is 11.9. The molecule has 0 saturated carbocycles. The Labute approximate surface area is 139 Å². The molecule has 0 fully saturated rings. The van der Waals surface area contributed by atoms with Crippen LogP contribution in [-0.4, -0.2) is 12.5 Å². The SMILES string of the molecule is CCCCNC(=O)c1ccc(COc2c(F)c(F)c(F)c(F)c2F)o1. The fraction of sp³-hybridized carbons (Fsp3) is 0.312. The Balaban J connectivity index is 2.07. The fourth-order valence-electron chi connectivity index (χ4n) is 1.90. The number of halogens is 5. The lowest BCUT2D eigenvalue weighted by molar-refractivity contribution is 0.0921. The van der Waals surface area contributed by atoms with Gasteiger partial charge in [-0.1, -0.05) is 13.3 Å². The number of hydrogen-bond acceptors (Lipinski definition) is 3. The predicted octanol–water partition coefficient (Wildman–Crippen LogP) is 4.08. The van der Waals surface area contributed by atoms with E-state index in [2.05, 4.69) is 10.1 Å². The number of carbonyl (C=O) groups excluding carboxylic acids is 1. The van der Waals surface area contributed by atoms with Crippen LogP contribution in [0.4, 0.5) is 22.0 Å². The average molecular weight is 363 g/mol. The summed E-state index contributed by atoms with van der Waals surface area (Å²) in [4.78, 5) is 11.7. The van der Waals surface area contributed by atoms with E-state index in [1.807, 2.05) is 6.92 Å². The van der Waals surface area contributed by atoms with Crippen LogP contribution in [0.1, 0.15) is 36.1 Å². The van der Waals surface area contributed by atoms with E-state index in [1.165, 1.54) is 12.1 Å². The summed E-state index contributed by atoms with van der Waals surface area (Å²) in [6.07, 6.45) is 1.67. The van der Waals surface area contributed by atoms with Crippen LogP contribution >= 0.6 is 0 Å². The lowest BCUT2D eigenvalue weighted by atomic mass is 10.2. The second-order valence-electron chi connectivity index (χ2n) is 5.06. The van der Waals surface area contributed by atoms with Gasteiger partial charge in [0.15, 0.2) is 11.5 Å². The van der Waals surface area contributed by atoms with Gasteiger partial charge in [-0.25, -0.2) is 13.2 Å². The van der Waals surface area contributed by atoms with Crippen molar-refractivity contribution in [2.75, 3.05) is 6.54 Å². The number of hydrogen-bond donors (Lipinski definition) is 1. The van der Waals surface area contributed by atoms with Crippen LogP contribution in [0.5, 0.6) is 5.75 Å². The van der Waals surface area contributed by atoms with Crippen molar-refractivity contribution in [3.63, 3.8) is 0 Å². The maximum Gasteiger partial charge on any atom is 0.286 e. The highest BCUT2D eigenvalue weighted by atomic mass is 19.2. The molecule has 1 aromatic carbocycles. The number of rotatable bonds is 7. The largest absolute Gasteiger partial charge is 0.479 e. The van der Waals surface area contributed by atoms with Crippen molar-refractivity contribution in [2.45, 2.75) is 26.4 Å². The molecule has 0 atom stereocenters. The van der Waals surface area contributed by atoms with Crippen LogP contribution in [0.2, 0.25) is 0 Å². The quantitative estimate of drug-likeness (QED) is 0.349. The summed E-state index contributed by atoms with van der Waals surface area (Å²) in [6, 6.07) is 2.60. The Morgan fingerprint density at radius 1 is 1.04 bits per heavy atom. The molecule has 0 unspecified atom stereocenters. The van der Waals surface area contributed by atoms with Gasteiger partial charge in [-0.2, -0.15) is 8.78 Å². The van der Waals surface area contributed by atoms with Gasteiger partial charge in [0.1, 0.15) is 12.4 Å². The molecule has 2 aromatic rings. The van der Waals surface area contributed by atoms with Crippen molar-refractivity contribution in [1.29, 1.82) is 0 Å². The monoisotopic (exact) mass is 363 g/mol. The summed E-state index contributed by atoms with van der Waals surface area (Å²) in [6.45, 7) is 1.78. The molecule has 25 heavy (non-hydrogen) atoms. The van der Waals surface area contributed by atoms with Gasteiger partial charge in [-0.05, 0) is 18.6 Å². The Morgan fingerprint density at radius 2 is 1.64 bits per heavy atom. The predicted molar refractivity (Wildman–Crippen MR) is 76.5 cm³/mol. The first-order valence-corrected chi connectivity index (χ1v) is 7.37. The van der Waals surface area contributed by atoms with E-state index < -0.39 is 47.3 Å². The van der Waals surface area contributed by atoms with Gasteiger partial charge >= 0.3 is 0 Å². The highest BCUT2D eigenvalue weighted by Gasteiger charge is 2.27. The number of unbranched alkanes of at least 4 members (excludes halogenated alkanes) is 1. The lowest BCUT2D eigenvalue weighted by Crippen LogP contribution is -2.23. The van der Waals surface area contributed by atoms with Crippen molar-refractivity contribution in [2.24, 2.45) is 0 Å².